The van der Waals surface area contributed by atoms with Crippen molar-refractivity contribution in [2.45, 2.75) is 26.5 Å². The molecular formula is C18H21N3O5. The Bertz CT molecular complexity index is 758. The number of nitrogens with one attached hydrogen (secondary N) is 3. The lowest BCUT2D eigenvalue weighted by Gasteiger charge is -2.15. The zero-order valence-electron chi connectivity index (χ0n) is 14.6. The maximum atomic E-state index is 12.4. The number of rotatable bonds is 7. The van der Waals surface area contributed by atoms with E-state index in [0.29, 0.717) is 24.5 Å². The number of imide groups is 1. The molecule has 26 heavy (non-hydrogen) atoms. The first-order valence-corrected chi connectivity index (χ1v) is 8.16. The first-order valence-electron chi connectivity index (χ1n) is 8.16. The summed E-state index contributed by atoms with van der Waals surface area (Å²) in [6.45, 7) is 3.89. The predicted octanol–water partition coefficient (Wildman–Crippen LogP) is 2.28. The topological polar surface area (TPSA) is 110 Å². The highest BCUT2D eigenvalue weighted by atomic mass is 16.5. The van der Waals surface area contributed by atoms with Crippen molar-refractivity contribution in [3.63, 3.8) is 0 Å². The number of ether oxygens (including phenoxy) is 1. The summed E-state index contributed by atoms with van der Waals surface area (Å²) in [5.41, 5.74) is 0.821. The molecule has 0 saturated carbocycles. The van der Waals surface area contributed by atoms with Gasteiger partial charge in [0.1, 0.15) is 5.76 Å². The summed E-state index contributed by atoms with van der Waals surface area (Å²) in [7, 11) is 0. The number of urea groups is 1. The number of anilines is 1. The molecule has 0 spiro atoms. The largest absolute Gasteiger partial charge is 0.467 e. The maximum absolute atomic E-state index is 12.4. The van der Waals surface area contributed by atoms with Crippen LogP contribution in [-0.4, -0.2) is 30.6 Å². The van der Waals surface area contributed by atoms with Crippen LogP contribution in [0.3, 0.4) is 0 Å². The summed E-state index contributed by atoms with van der Waals surface area (Å²) in [4.78, 5) is 35.6. The number of hydrogen-bond donors (Lipinski definition) is 3. The molecule has 0 fully saturated rings. The van der Waals surface area contributed by atoms with E-state index in [4.69, 9.17) is 9.15 Å². The molecule has 2 aromatic rings. The fourth-order valence-electron chi connectivity index (χ4n) is 2.11. The monoisotopic (exact) mass is 359 g/mol. The molecule has 1 aromatic heterocycles. The van der Waals surface area contributed by atoms with Crippen LogP contribution >= 0.6 is 0 Å². The van der Waals surface area contributed by atoms with Gasteiger partial charge in [-0.25, -0.2) is 9.59 Å². The SMILES string of the molecule is CCNC(=O)NC(=O)[C@H](C)OC(=O)c1ccccc1NCc1ccco1. The fourth-order valence-corrected chi connectivity index (χ4v) is 2.11. The first kappa shape index (κ1) is 19.0. The molecule has 0 radical (unpaired) electrons. The average Bonchev–Trinajstić information content (AvgIpc) is 3.13. The minimum absolute atomic E-state index is 0.275. The quantitative estimate of drug-likeness (QED) is 0.654. The molecule has 2 rings (SSSR count). The third-order valence-corrected chi connectivity index (χ3v) is 3.41. The minimum atomic E-state index is -1.12. The Balaban J connectivity index is 1.98. The van der Waals surface area contributed by atoms with Crippen molar-refractivity contribution in [2.24, 2.45) is 0 Å². The Morgan fingerprint density at radius 3 is 2.62 bits per heavy atom. The molecular weight excluding hydrogens is 338 g/mol. The van der Waals surface area contributed by atoms with E-state index in [2.05, 4.69) is 16.0 Å². The van der Waals surface area contributed by atoms with Crippen molar-refractivity contribution in [2.75, 3.05) is 11.9 Å². The van der Waals surface area contributed by atoms with Crippen LogP contribution in [0.1, 0.15) is 30.0 Å². The molecule has 0 aliphatic heterocycles. The molecule has 1 heterocycles. The normalized spacial score (nSPS) is 11.3. The Morgan fingerprint density at radius 2 is 1.92 bits per heavy atom. The van der Waals surface area contributed by atoms with Crippen LogP contribution in [0.15, 0.2) is 47.1 Å². The number of amides is 3. The number of benzene rings is 1. The van der Waals surface area contributed by atoms with Gasteiger partial charge in [0.25, 0.3) is 5.91 Å². The number of furan rings is 1. The smallest absolute Gasteiger partial charge is 0.341 e. The van der Waals surface area contributed by atoms with Crippen LogP contribution in [0.4, 0.5) is 10.5 Å². The van der Waals surface area contributed by atoms with Crippen LogP contribution in [0.2, 0.25) is 0 Å². The Labute approximate surface area is 150 Å². The van der Waals surface area contributed by atoms with E-state index in [1.165, 1.54) is 6.92 Å². The lowest BCUT2D eigenvalue weighted by Crippen LogP contribution is -2.44. The molecule has 3 N–H and O–H groups in total. The van der Waals surface area contributed by atoms with Gasteiger partial charge in [-0.3, -0.25) is 10.1 Å². The van der Waals surface area contributed by atoms with Gasteiger partial charge in [0.05, 0.1) is 18.4 Å². The van der Waals surface area contributed by atoms with Gasteiger partial charge in [0, 0.05) is 12.2 Å². The summed E-state index contributed by atoms with van der Waals surface area (Å²) in [6.07, 6.45) is 0.440. The molecule has 0 unspecified atom stereocenters. The van der Waals surface area contributed by atoms with Gasteiger partial charge >= 0.3 is 12.0 Å². The van der Waals surface area contributed by atoms with Gasteiger partial charge in [0.15, 0.2) is 6.10 Å². The van der Waals surface area contributed by atoms with Crippen molar-refractivity contribution < 1.29 is 23.5 Å². The molecule has 1 atom stereocenters. The van der Waals surface area contributed by atoms with Gasteiger partial charge in [-0.15, -0.1) is 0 Å². The van der Waals surface area contributed by atoms with Gasteiger partial charge in [-0.1, -0.05) is 12.1 Å². The molecule has 0 saturated heterocycles. The number of hydrogen-bond acceptors (Lipinski definition) is 6. The second kappa shape index (κ2) is 9.26. The highest BCUT2D eigenvalue weighted by Gasteiger charge is 2.22. The number of carbonyl (C=O) groups is 3. The molecule has 0 aliphatic carbocycles. The zero-order valence-corrected chi connectivity index (χ0v) is 14.6. The van der Waals surface area contributed by atoms with Gasteiger partial charge in [0.2, 0.25) is 0 Å². The van der Waals surface area contributed by atoms with E-state index >= 15 is 0 Å². The van der Waals surface area contributed by atoms with Crippen LogP contribution in [0.25, 0.3) is 0 Å². The Hall–Kier alpha value is -3.29. The lowest BCUT2D eigenvalue weighted by atomic mass is 10.1. The van der Waals surface area contributed by atoms with E-state index < -0.39 is 24.0 Å². The van der Waals surface area contributed by atoms with Gasteiger partial charge < -0.3 is 19.8 Å². The van der Waals surface area contributed by atoms with E-state index in [1.807, 2.05) is 6.07 Å². The van der Waals surface area contributed by atoms with E-state index in [1.54, 1.807) is 43.5 Å². The van der Waals surface area contributed by atoms with Crippen molar-refractivity contribution in [1.29, 1.82) is 0 Å². The lowest BCUT2D eigenvalue weighted by molar-refractivity contribution is -0.127. The molecule has 3 amide bonds. The standard InChI is InChI=1S/C18H21N3O5/c1-3-19-18(24)21-16(22)12(2)26-17(23)14-8-4-5-9-15(14)20-11-13-7-6-10-25-13/h4-10,12,20H,3,11H2,1-2H3,(H2,19,21,22,24)/t12-/m0/s1. The van der Waals surface area contributed by atoms with Gasteiger partial charge in [-0.05, 0) is 38.1 Å². The van der Waals surface area contributed by atoms with Crippen molar-refractivity contribution in [1.82, 2.24) is 10.6 Å². The fraction of sp³-hybridized carbons (Fsp3) is 0.278. The number of esters is 1. The highest BCUT2D eigenvalue weighted by Crippen LogP contribution is 2.18. The molecule has 0 aliphatic rings. The average molecular weight is 359 g/mol. The number of carbonyl (C=O) groups excluding carboxylic acids is 3. The molecule has 8 nitrogen and oxygen atoms in total. The summed E-state index contributed by atoms with van der Waals surface area (Å²) >= 11 is 0. The number of para-hydroxylation sites is 1. The van der Waals surface area contributed by atoms with Crippen molar-refractivity contribution >= 4 is 23.6 Å². The second-order valence-electron chi connectivity index (χ2n) is 5.37. The molecule has 1 aromatic carbocycles. The van der Waals surface area contributed by atoms with Crippen LogP contribution < -0.4 is 16.0 Å². The summed E-state index contributed by atoms with van der Waals surface area (Å²) in [5, 5.41) is 7.62. The molecule has 0 bridgehead atoms. The first-order chi connectivity index (χ1) is 12.5. The zero-order chi connectivity index (χ0) is 18.9. The third kappa shape index (κ3) is 5.37. The predicted molar refractivity (Wildman–Crippen MR) is 94.6 cm³/mol. The summed E-state index contributed by atoms with van der Waals surface area (Å²) < 4.78 is 10.4. The van der Waals surface area contributed by atoms with E-state index in [0.717, 1.165) is 0 Å². The Kier molecular flexibility index (Phi) is 6.78. The third-order valence-electron chi connectivity index (χ3n) is 3.41. The van der Waals surface area contributed by atoms with Crippen LogP contribution in [-0.2, 0) is 16.1 Å². The molecule has 8 heteroatoms. The summed E-state index contributed by atoms with van der Waals surface area (Å²) in [6, 6.07) is 9.70. The van der Waals surface area contributed by atoms with Gasteiger partial charge in [-0.2, -0.15) is 0 Å². The maximum Gasteiger partial charge on any atom is 0.341 e. The summed E-state index contributed by atoms with van der Waals surface area (Å²) in [5.74, 6) is -0.667. The van der Waals surface area contributed by atoms with Crippen LogP contribution in [0, 0.1) is 0 Å². The minimum Gasteiger partial charge on any atom is -0.467 e. The van der Waals surface area contributed by atoms with E-state index in [9.17, 15) is 14.4 Å². The van der Waals surface area contributed by atoms with Crippen molar-refractivity contribution in [3.05, 3.63) is 54.0 Å². The van der Waals surface area contributed by atoms with E-state index in [-0.39, 0.29) is 5.56 Å². The molecule has 138 valence electrons. The Morgan fingerprint density at radius 1 is 1.15 bits per heavy atom. The highest BCUT2D eigenvalue weighted by molar-refractivity contribution is 6.00. The van der Waals surface area contributed by atoms with Crippen LogP contribution in [0.5, 0.6) is 0 Å². The second-order valence-corrected chi connectivity index (χ2v) is 5.37. The van der Waals surface area contributed by atoms with Crippen molar-refractivity contribution in [3.8, 4) is 0 Å².